The number of carbonyl (C=O) groups excluding carboxylic acids is 2. The van der Waals surface area contributed by atoms with Gasteiger partial charge in [0.05, 0.1) is 6.54 Å². The van der Waals surface area contributed by atoms with Crippen molar-refractivity contribution in [1.82, 2.24) is 10.3 Å². The van der Waals surface area contributed by atoms with Crippen molar-refractivity contribution in [2.24, 2.45) is 0 Å². The van der Waals surface area contributed by atoms with E-state index in [1.807, 2.05) is 13.0 Å². The van der Waals surface area contributed by atoms with Crippen molar-refractivity contribution >= 4 is 45.1 Å². The Morgan fingerprint density at radius 1 is 1.36 bits per heavy atom. The van der Waals surface area contributed by atoms with Crippen molar-refractivity contribution in [2.45, 2.75) is 26.3 Å². The molecule has 0 atom stereocenters. The first-order valence-corrected chi connectivity index (χ1v) is 9.73. The summed E-state index contributed by atoms with van der Waals surface area (Å²) in [6.07, 6.45) is 5.88. The fourth-order valence-corrected chi connectivity index (χ4v) is 4.31. The normalized spacial score (nSPS) is 13.6. The Morgan fingerprint density at radius 3 is 3.07 bits per heavy atom. The zero-order valence-corrected chi connectivity index (χ0v) is 16.0. The predicted octanol–water partition coefficient (Wildman–Crippen LogP) is 3.96. The molecule has 5 nitrogen and oxygen atoms in total. The highest BCUT2D eigenvalue weighted by atomic mass is 32.1. The first-order valence-electron chi connectivity index (χ1n) is 8.92. The summed E-state index contributed by atoms with van der Waals surface area (Å²) in [6.45, 7) is 2.33. The molecule has 3 heterocycles. The maximum absolute atomic E-state index is 13.4. The van der Waals surface area contributed by atoms with Crippen LogP contribution in [0.2, 0.25) is 0 Å². The minimum absolute atomic E-state index is 0.0260. The molecule has 0 bridgehead atoms. The number of benzene rings is 1. The van der Waals surface area contributed by atoms with Crippen molar-refractivity contribution < 1.29 is 14.0 Å². The van der Waals surface area contributed by atoms with Crippen LogP contribution in [0.15, 0.2) is 36.5 Å². The summed E-state index contributed by atoms with van der Waals surface area (Å²) in [5.41, 5.74) is 2.76. The predicted molar refractivity (Wildman–Crippen MR) is 109 cm³/mol. The third-order valence-corrected chi connectivity index (χ3v) is 5.99. The quantitative estimate of drug-likeness (QED) is 0.657. The fourth-order valence-electron chi connectivity index (χ4n) is 3.18. The van der Waals surface area contributed by atoms with Gasteiger partial charge in [0.15, 0.2) is 0 Å². The number of thiophene rings is 1. The standard InChI is InChI=1S/C21H18FN3O2S/c1-12-16-9-15(22)4-5-17(16)28-18(12)11-23-19(26)6-2-13-8-14-3-7-20(27)25-21(14)24-10-13/h2,4-6,8-10H,3,7,11H2,1H3,(H,23,26)(H,24,25,27)/b6-2+. The van der Waals surface area contributed by atoms with E-state index in [1.165, 1.54) is 18.2 Å². The van der Waals surface area contributed by atoms with Crippen LogP contribution in [0.3, 0.4) is 0 Å². The van der Waals surface area contributed by atoms with E-state index in [1.54, 1.807) is 29.7 Å². The number of amides is 2. The van der Waals surface area contributed by atoms with Crippen molar-refractivity contribution in [3.63, 3.8) is 0 Å². The second kappa shape index (κ2) is 7.52. The monoisotopic (exact) mass is 395 g/mol. The molecule has 0 radical (unpaired) electrons. The van der Waals surface area contributed by atoms with Gasteiger partial charge in [0.25, 0.3) is 0 Å². The van der Waals surface area contributed by atoms with Gasteiger partial charge >= 0.3 is 0 Å². The molecule has 1 aromatic carbocycles. The number of rotatable bonds is 4. The maximum Gasteiger partial charge on any atom is 0.244 e. The third-order valence-electron chi connectivity index (χ3n) is 4.71. The molecule has 2 aromatic heterocycles. The number of anilines is 1. The molecule has 0 saturated carbocycles. The minimum Gasteiger partial charge on any atom is -0.348 e. The van der Waals surface area contributed by atoms with Gasteiger partial charge in [0.2, 0.25) is 11.8 Å². The Labute approximate surface area is 165 Å². The van der Waals surface area contributed by atoms with Gasteiger partial charge in [-0.05, 0) is 65.8 Å². The van der Waals surface area contributed by atoms with Crippen LogP contribution in [0.25, 0.3) is 16.2 Å². The first kappa shape index (κ1) is 18.3. The maximum atomic E-state index is 13.4. The highest BCUT2D eigenvalue weighted by Gasteiger charge is 2.15. The Balaban J connectivity index is 1.41. The third kappa shape index (κ3) is 3.80. The molecule has 0 unspecified atom stereocenters. The van der Waals surface area contributed by atoms with E-state index in [4.69, 9.17) is 0 Å². The number of hydrogen-bond donors (Lipinski definition) is 2. The molecule has 7 heteroatoms. The Morgan fingerprint density at radius 2 is 2.21 bits per heavy atom. The number of hydrogen-bond acceptors (Lipinski definition) is 4. The van der Waals surface area contributed by atoms with Crippen LogP contribution < -0.4 is 10.6 Å². The van der Waals surface area contributed by atoms with Crippen molar-refractivity contribution in [3.05, 3.63) is 63.9 Å². The molecule has 2 N–H and O–H groups in total. The van der Waals surface area contributed by atoms with E-state index in [-0.39, 0.29) is 17.6 Å². The van der Waals surface area contributed by atoms with E-state index in [0.29, 0.717) is 25.2 Å². The van der Waals surface area contributed by atoms with Crippen LogP contribution in [-0.4, -0.2) is 16.8 Å². The van der Waals surface area contributed by atoms with Gasteiger partial charge in [-0.3, -0.25) is 9.59 Å². The molecule has 0 saturated heterocycles. The SMILES string of the molecule is Cc1c(CNC(=O)/C=C/c2cnc3c(c2)CCC(=O)N3)sc2ccc(F)cc12. The van der Waals surface area contributed by atoms with Crippen molar-refractivity contribution in [1.29, 1.82) is 0 Å². The molecule has 3 aromatic rings. The fraction of sp³-hybridized carbons (Fsp3) is 0.190. The smallest absolute Gasteiger partial charge is 0.244 e. The summed E-state index contributed by atoms with van der Waals surface area (Å²) in [5.74, 6) is 0.0932. The lowest BCUT2D eigenvalue weighted by Crippen LogP contribution is -2.20. The highest BCUT2D eigenvalue weighted by Crippen LogP contribution is 2.31. The molecular formula is C21H18FN3O2S. The Hall–Kier alpha value is -3.06. The van der Waals surface area contributed by atoms with Crippen LogP contribution >= 0.6 is 11.3 Å². The van der Waals surface area contributed by atoms with E-state index in [2.05, 4.69) is 15.6 Å². The summed E-state index contributed by atoms with van der Waals surface area (Å²) >= 11 is 1.55. The molecular weight excluding hydrogens is 377 g/mol. The molecule has 1 aliphatic rings. The van der Waals surface area contributed by atoms with Crippen LogP contribution in [0, 0.1) is 12.7 Å². The molecule has 0 aliphatic carbocycles. The molecule has 2 amide bonds. The van der Waals surface area contributed by atoms with Crippen LogP contribution in [0.4, 0.5) is 10.2 Å². The van der Waals surface area contributed by atoms with Crippen LogP contribution in [0.5, 0.6) is 0 Å². The van der Waals surface area contributed by atoms with Gasteiger partial charge in [0, 0.05) is 28.3 Å². The summed E-state index contributed by atoms with van der Waals surface area (Å²) in [6, 6.07) is 6.66. The average Bonchev–Trinajstić information content (AvgIpc) is 3.00. The van der Waals surface area contributed by atoms with Crippen LogP contribution in [-0.2, 0) is 22.6 Å². The average molecular weight is 395 g/mol. The largest absolute Gasteiger partial charge is 0.348 e. The van der Waals surface area contributed by atoms with Gasteiger partial charge < -0.3 is 10.6 Å². The van der Waals surface area contributed by atoms with Crippen molar-refractivity contribution in [2.75, 3.05) is 5.32 Å². The first-order chi connectivity index (χ1) is 13.5. The lowest BCUT2D eigenvalue weighted by atomic mass is 10.0. The number of aryl methyl sites for hydroxylation is 2. The zero-order valence-electron chi connectivity index (χ0n) is 15.2. The van der Waals surface area contributed by atoms with Gasteiger partial charge in [-0.2, -0.15) is 0 Å². The summed E-state index contributed by atoms with van der Waals surface area (Å²) in [5, 5.41) is 6.49. The minimum atomic E-state index is -0.259. The lowest BCUT2D eigenvalue weighted by Gasteiger charge is -2.15. The summed E-state index contributed by atoms with van der Waals surface area (Å²) < 4.78 is 14.4. The second-order valence-corrected chi connectivity index (χ2v) is 7.80. The summed E-state index contributed by atoms with van der Waals surface area (Å²) in [4.78, 5) is 28.8. The topological polar surface area (TPSA) is 71.1 Å². The molecule has 4 rings (SSSR count). The summed E-state index contributed by atoms with van der Waals surface area (Å²) in [7, 11) is 0. The number of pyridine rings is 1. The number of nitrogens with one attached hydrogen (secondary N) is 2. The molecule has 0 spiro atoms. The van der Waals surface area contributed by atoms with Gasteiger partial charge in [0.1, 0.15) is 11.6 Å². The molecule has 0 fully saturated rings. The number of carbonyl (C=O) groups is 2. The van der Waals surface area contributed by atoms with E-state index in [9.17, 15) is 14.0 Å². The van der Waals surface area contributed by atoms with Crippen molar-refractivity contribution in [3.8, 4) is 0 Å². The number of aromatic nitrogens is 1. The van der Waals surface area contributed by atoms with E-state index >= 15 is 0 Å². The Kier molecular flexibility index (Phi) is 4.92. The molecule has 28 heavy (non-hydrogen) atoms. The number of halogens is 1. The van der Waals surface area contributed by atoms with Crippen LogP contribution in [0.1, 0.15) is 28.0 Å². The van der Waals surface area contributed by atoms with Gasteiger partial charge in [-0.1, -0.05) is 0 Å². The number of fused-ring (bicyclic) bond motifs is 2. The van der Waals surface area contributed by atoms with Gasteiger partial charge in [-0.15, -0.1) is 11.3 Å². The highest BCUT2D eigenvalue weighted by molar-refractivity contribution is 7.19. The Bertz CT molecular complexity index is 1120. The van der Waals surface area contributed by atoms with E-state index < -0.39 is 0 Å². The molecule has 142 valence electrons. The lowest BCUT2D eigenvalue weighted by molar-refractivity contribution is -0.117. The number of nitrogens with zero attached hydrogens (tertiary/aromatic N) is 1. The second-order valence-electron chi connectivity index (χ2n) is 6.67. The van der Waals surface area contributed by atoms with E-state index in [0.717, 1.165) is 31.7 Å². The molecule has 1 aliphatic heterocycles. The zero-order chi connectivity index (χ0) is 19.7. The van der Waals surface area contributed by atoms with Gasteiger partial charge in [-0.25, -0.2) is 9.37 Å².